The Bertz CT molecular complexity index is 3040. The summed E-state index contributed by atoms with van der Waals surface area (Å²) in [6.07, 6.45) is 1.38. The zero-order chi connectivity index (χ0) is 61.2. The standard InChI is InChI=1S/C62H78F3N9O9.C2H6/c1-45(46-11-6-5-7-12-46)39-59(76)72-30-26-61(78,27-31-72)42-73(44-66)60(77)55-24-20-47(70-55)13-8-17-58(75)68-29-32-80-33-34-81-35-36-82-37-38-83-51-23-25-54(57(41-51)79-4)67-28-10-14-50-40-52-53(69-48-18-21-49(22-19-48)71(2)3)15-9-16-56(52)74(50)43-62(63,64)65;1-2/h5-7,9,11-12,15-16,20,23-25,40-41,44-45,48-49,66-67,69-70,78H,17-19,21-22,26-39,42-43H2,1-4H3,(H,68,75);1-2H3. The number of carbonyl (C=O) groups is 3. The van der Waals surface area contributed by atoms with Crippen LogP contribution in [-0.4, -0.2) is 177 Å². The Hall–Kier alpha value is -7.53. The van der Waals surface area contributed by atoms with E-state index in [-0.39, 0.29) is 87.3 Å². The minimum atomic E-state index is -4.43. The van der Waals surface area contributed by atoms with Gasteiger partial charge in [-0.25, -0.2) is 0 Å². The number of benzene rings is 3. The topological polar surface area (TPSA) is 208 Å². The number of halogens is 3. The number of carbonyl (C=O) groups excluding carboxylic acids is 3. The van der Waals surface area contributed by atoms with Gasteiger partial charge in [0.1, 0.15) is 30.3 Å². The van der Waals surface area contributed by atoms with Gasteiger partial charge in [-0.05, 0) is 118 Å². The smallest absolute Gasteiger partial charge is 0.406 e. The first kappa shape index (κ1) is 66.6. The van der Waals surface area contributed by atoms with Crippen LogP contribution in [0.5, 0.6) is 11.5 Å². The molecule has 1 saturated heterocycles. The summed E-state index contributed by atoms with van der Waals surface area (Å²) in [5.74, 6) is 11.9. The fourth-order valence-corrected chi connectivity index (χ4v) is 10.2. The van der Waals surface area contributed by atoms with E-state index in [0.29, 0.717) is 92.4 Å². The first-order valence-electron chi connectivity index (χ1n) is 29.2. The lowest BCUT2D eigenvalue weighted by Crippen LogP contribution is -2.53. The predicted octanol–water partition coefficient (Wildman–Crippen LogP) is 8.90. The summed E-state index contributed by atoms with van der Waals surface area (Å²) in [7, 11) is 5.72. The van der Waals surface area contributed by atoms with Crippen LogP contribution in [-0.2, 0) is 30.3 Å². The molecule has 1 atom stereocenters. The average molecular weight is 1180 g/mol. The summed E-state index contributed by atoms with van der Waals surface area (Å²) in [6, 6.07) is 26.2. The van der Waals surface area contributed by atoms with E-state index in [1.807, 2.05) is 57.2 Å². The van der Waals surface area contributed by atoms with Crippen molar-refractivity contribution in [2.75, 3.05) is 111 Å². The van der Waals surface area contributed by atoms with Crippen LogP contribution in [0, 0.1) is 29.1 Å². The van der Waals surface area contributed by atoms with Gasteiger partial charge in [0, 0.05) is 55.3 Å². The Morgan fingerprint density at radius 1 is 0.859 bits per heavy atom. The highest BCUT2D eigenvalue weighted by molar-refractivity contribution is 5.99. The van der Waals surface area contributed by atoms with Crippen LogP contribution in [0.4, 0.5) is 24.5 Å². The van der Waals surface area contributed by atoms with Gasteiger partial charge in [0.2, 0.25) is 11.8 Å². The van der Waals surface area contributed by atoms with E-state index in [4.69, 9.17) is 29.1 Å². The zero-order valence-electron chi connectivity index (χ0n) is 49.9. The van der Waals surface area contributed by atoms with Crippen molar-refractivity contribution in [2.24, 2.45) is 0 Å². The molecule has 6 N–H and O–H groups in total. The van der Waals surface area contributed by atoms with Crippen molar-refractivity contribution in [1.29, 1.82) is 5.41 Å². The number of nitrogens with one attached hydrogen (secondary N) is 5. The molecule has 1 aliphatic carbocycles. The molecule has 3 heterocycles. The third-order valence-corrected chi connectivity index (χ3v) is 14.8. The molecule has 460 valence electrons. The van der Waals surface area contributed by atoms with Crippen LogP contribution in [0.1, 0.15) is 105 Å². The second-order valence-corrected chi connectivity index (χ2v) is 21.1. The summed E-state index contributed by atoms with van der Waals surface area (Å²) in [5, 5.41) is 29.5. The van der Waals surface area contributed by atoms with Crippen LogP contribution in [0.25, 0.3) is 10.9 Å². The predicted molar refractivity (Wildman–Crippen MR) is 324 cm³/mol. The van der Waals surface area contributed by atoms with Crippen molar-refractivity contribution < 1.29 is 56.3 Å². The fraction of sp³-hybridized carbons (Fsp3) is 0.500. The number of hydrogen-bond acceptors (Lipinski definition) is 13. The van der Waals surface area contributed by atoms with E-state index in [0.717, 1.165) is 48.2 Å². The molecule has 7 rings (SSSR count). The van der Waals surface area contributed by atoms with Gasteiger partial charge in [0.15, 0.2) is 0 Å². The lowest BCUT2D eigenvalue weighted by Gasteiger charge is -2.40. The van der Waals surface area contributed by atoms with Crippen LogP contribution < -0.4 is 25.4 Å². The molecule has 3 aromatic carbocycles. The van der Waals surface area contributed by atoms with Crippen LogP contribution in [0.2, 0.25) is 0 Å². The number of aromatic nitrogens is 2. The largest absolute Gasteiger partial charge is 0.494 e. The number of aliphatic hydroxyl groups is 1. The molecule has 1 unspecified atom stereocenters. The number of rotatable bonds is 28. The van der Waals surface area contributed by atoms with Crippen molar-refractivity contribution in [3.8, 4) is 35.2 Å². The number of piperidine rings is 1. The molecule has 2 fully saturated rings. The zero-order valence-corrected chi connectivity index (χ0v) is 49.9. The molecule has 0 radical (unpaired) electrons. The number of likely N-dealkylation sites (tertiary alicyclic amines) is 1. The van der Waals surface area contributed by atoms with Crippen molar-refractivity contribution in [3.05, 3.63) is 108 Å². The molecule has 0 bridgehead atoms. The SMILES string of the molecule is CC.COc1cc(OCCOCCOCCOCCNC(=O)CC#Cc2ccc(C(=O)N(C=N)CC3(O)CCN(C(=O)CC(C)c4ccccc4)CC3)[nH]2)ccc1NCC#Cc1cc2c(NC3CCC(N(C)C)CC3)cccc2n1CC(F)(F)F. The maximum absolute atomic E-state index is 13.8. The highest BCUT2D eigenvalue weighted by Crippen LogP contribution is 2.34. The molecule has 2 aromatic heterocycles. The third-order valence-electron chi connectivity index (χ3n) is 14.8. The van der Waals surface area contributed by atoms with Crippen LogP contribution >= 0.6 is 0 Å². The Morgan fingerprint density at radius 3 is 2.22 bits per heavy atom. The average Bonchev–Trinajstić information content (AvgIpc) is 4.33. The van der Waals surface area contributed by atoms with Crippen molar-refractivity contribution >= 4 is 46.3 Å². The number of hydrogen-bond donors (Lipinski definition) is 6. The minimum absolute atomic E-state index is 0.0187. The summed E-state index contributed by atoms with van der Waals surface area (Å²) >= 11 is 0. The number of H-pyrrole nitrogens is 1. The number of nitrogens with zero attached hydrogens (tertiary/aromatic N) is 4. The normalized spacial score (nSPS) is 15.9. The quantitative estimate of drug-likeness (QED) is 0.0120. The van der Waals surface area contributed by atoms with Gasteiger partial charge in [0.25, 0.3) is 5.91 Å². The van der Waals surface area contributed by atoms with Crippen molar-refractivity contribution in [3.63, 3.8) is 0 Å². The van der Waals surface area contributed by atoms with Gasteiger partial charge < -0.3 is 64.1 Å². The molecule has 0 spiro atoms. The molecular formula is C64H84F3N9O9. The van der Waals surface area contributed by atoms with Gasteiger partial charge in [-0.15, -0.1) is 0 Å². The Morgan fingerprint density at radius 2 is 1.55 bits per heavy atom. The maximum Gasteiger partial charge on any atom is 0.406 e. The Kier molecular flexibility index (Phi) is 26.5. The van der Waals surface area contributed by atoms with E-state index < -0.39 is 24.2 Å². The summed E-state index contributed by atoms with van der Waals surface area (Å²) in [4.78, 5) is 46.7. The molecule has 5 aromatic rings. The second-order valence-electron chi connectivity index (χ2n) is 21.1. The molecule has 1 aliphatic heterocycles. The fourth-order valence-electron chi connectivity index (χ4n) is 10.2. The highest BCUT2D eigenvalue weighted by Gasteiger charge is 2.37. The number of anilines is 2. The number of fused-ring (bicyclic) bond motifs is 1. The van der Waals surface area contributed by atoms with E-state index >= 15 is 0 Å². The lowest BCUT2D eigenvalue weighted by molar-refractivity contribution is -0.140. The molecule has 21 heteroatoms. The van der Waals surface area contributed by atoms with Crippen molar-refractivity contribution in [2.45, 2.75) is 108 Å². The van der Waals surface area contributed by atoms with E-state index in [1.54, 1.807) is 47.4 Å². The summed E-state index contributed by atoms with van der Waals surface area (Å²) in [6.45, 7) is 8.11. The molecule has 18 nitrogen and oxygen atoms in total. The number of methoxy groups -OCH3 is 1. The summed E-state index contributed by atoms with van der Waals surface area (Å²) < 4.78 is 70.9. The van der Waals surface area contributed by atoms with Crippen molar-refractivity contribution in [1.82, 2.24) is 29.6 Å². The van der Waals surface area contributed by atoms with E-state index in [2.05, 4.69) is 63.6 Å². The van der Waals surface area contributed by atoms with Crippen LogP contribution in [0.3, 0.4) is 0 Å². The number of ether oxygens (including phenoxy) is 5. The van der Waals surface area contributed by atoms with Gasteiger partial charge in [-0.2, -0.15) is 13.2 Å². The highest BCUT2D eigenvalue weighted by atomic mass is 19.4. The monoisotopic (exact) mass is 1180 g/mol. The number of amides is 3. The second kappa shape index (κ2) is 33.8. The molecule has 2 aliphatic rings. The number of aromatic amines is 1. The van der Waals surface area contributed by atoms with Gasteiger partial charge in [0.05, 0.1) is 101 Å². The molecule has 3 amide bonds. The molecule has 85 heavy (non-hydrogen) atoms. The van der Waals surface area contributed by atoms with E-state index in [1.165, 1.54) is 17.7 Å². The molecular weight excluding hydrogens is 1100 g/mol. The number of alkyl halides is 3. The minimum Gasteiger partial charge on any atom is -0.494 e. The molecule has 1 saturated carbocycles. The third kappa shape index (κ3) is 21.2. The maximum atomic E-state index is 13.8. The van der Waals surface area contributed by atoms with E-state index in [9.17, 15) is 32.7 Å². The first-order valence-corrected chi connectivity index (χ1v) is 29.2. The lowest BCUT2D eigenvalue weighted by atomic mass is 9.90. The van der Waals surface area contributed by atoms with Gasteiger partial charge >= 0.3 is 6.18 Å². The van der Waals surface area contributed by atoms with Gasteiger partial charge in [-0.3, -0.25) is 24.7 Å². The summed E-state index contributed by atoms with van der Waals surface area (Å²) in [5.41, 5.74) is 2.63. The van der Waals surface area contributed by atoms with Gasteiger partial charge in [-0.1, -0.05) is 69.0 Å². The Balaban J connectivity index is 0.00000572. The van der Waals surface area contributed by atoms with Crippen LogP contribution in [0.15, 0.2) is 84.9 Å². The Labute approximate surface area is 497 Å². The first-order chi connectivity index (χ1) is 41.0.